The van der Waals surface area contributed by atoms with Crippen molar-refractivity contribution in [2.24, 2.45) is 0 Å². The maximum Gasteiger partial charge on any atom is 0.241 e. The molecule has 0 saturated carbocycles. The molecule has 1 rings (SSSR count). The molecule has 19 heavy (non-hydrogen) atoms. The number of aliphatic hydroxyl groups excluding tert-OH is 1. The summed E-state index contributed by atoms with van der Waals surface area (Å²) in [6, 6.07) is 0. The van der Waals surface area contributed by atoms with E-state index in [0.717, 1.165) is 0 Å². The summed E-state index contributed by atoms with van der Waals surface area (Å²) in [5.74, 6) is -0.364. The summed E-state index contributed by atoms with van der Waals surface area (Å²) in [6.45, 7) is 4.02. The number of nitrogens with one attached hydrogen (secondary N) is 2. The van der Waals surface area contributed by atoms with Crippen molar-refractivity contribution in [3.05, 3.63) is 11.9 Å². The highest BCUT2D eigenvalue weighted by Gasteiger charge is 2.11. The monoisotopic (exact) mass is 269 g/mol. The van der Waals surface area contributed by atoms with E-state index >= 15 is 0 Å². The fourth-order valence-electron chi connectivity index (χ4n) is 1.40. The Kier molecular flexibility index (Phi) is 5.94. The van der Waals surface area contributed by atoms with E-state index in [1.807, 2.05) is 6.92 Å². The summed E-state index contributed by atoms with van der Waals surface area (Å²) in [4.78, 5) is 22.1. The van der Waals surface area contributed by atoms with Crippen molar-refractivity contribution in [2.75, 3.05) is 13.1 Å². The standard InChI is InChI=1S/C11H19N5O3/c1-3-10(18)9-6-16(15-14-9)7-11(19)13-5-4-12-8(2)17/h6,10,18H,3-5,7H2,1-2H3,(H,12,17)(H,13,19). The molecule has 0 spiro atoms. The average Bonchev–Trinajstić information content (AvgIpc) is 2.82. The Bertz CT molecular complexity index is 432. The minimum absolute atomic E-state index is 0.0313. The van der Waals surface area contributed by atoms with Gasteiger partial charge in [0.15, 0.2) is 0 Å². The number of carbonyl (C=O) groups excluding carboxylic acids is 2. The van der Waals surface area contributed by atoms with Crippen LogP contribution >= 0.6 is 0 Å². The highest BCUT2D eigenvalue weighted by Crippen LogP contribution is 2.11. The quantitative estimate of drug-likeness (QED) is 0.549. The lowest BCUT2D eigenvalue weighted by atomic mass is 10.2. The first-order chi connectivity index (χ1) is 9.02. The second-order valence-corrected chi connectivity index (χ2v) is 4.10. The average molecular weight is 269 g/mol. The van der Waals surface area contributed by atoms with Gasteiger partial charge in [0.1, 0.15) is 12.2 Å². The molecule has 0 aliphatic heterocycles. The number of hydrogen-bond donors (Lipinski definition) is 3. The zero-order valence-corrected chi connectivity index (χ0v) is 11.1. The summed E-state index contributed by atoms with van der Waals surface area (Å²) in [5, 5.41) is 22.3. The molecule has 0 bridgehead atoms. The number of nitrogens with zero attached hydrogens (tertiary/aromatic N) is 3. The SMILES string of the molecule is CCC(O)c1cn(CC(=O)NCCNC(C)=O)nn1. The fourth-order valence-corrected chi connectivity index (χ4v) is 1.40. The van der Waals surface area contributed by atoms with Gasteiger partial charge in [0.05, 0.1) is 12.3 Å². The summed E-state index contributed by atoms with van der Waals surface area (Å²) < 4.78 is 1.36. The maximum atomic E-state index is 11.5. The van der Waals surface area contributed by atoms with Gasteiger partial charge in [-0.2, -0.15) is 0 Å². The van der Waals surface area contributed by atoms with E-state index in [2.05, 4.69) is 20.9 Å². The van der Waals surface area contributed by atoms with E-state index in [1.54, 1.807) is 6.20 Å². The zero-order valence-electron chi connectivity index (χ0n) is 11.1. The van der Waals surface area contributed by atoms with Crippen LogP contribution < -0.4 is 10.6 Å². The molecular formula is C11H19N5O3. The maximum absolute atomic E-state index is 11.5. The predicted octanol–water partition coefficient (Wildman–Crippen LogP) is -1.03. The second kappa shape index (κ2) is 7.47. The molecule has 106 valence electrons. The molecule has 1 heterocycles. The van der Waals surface area contributed by atoms with Crippen molar-refractivity contribution in [3.63, 3.8) is 0 Å². The Morgan fingerprint density at radius 2 is 2.11 bits per heavy atom. The lowest BCUT2D eigenvalue weighted by molar-refractivity contribution is -0.122. The van der Waals surface area contributed by atoms with Gasteiger partial charge in [0, 0.05) is 20.0 Å². The van der Waals surface area contributed by atoms with Gasteiger partial charge < -0.3 is 15.7 Å². The molecule has 0 saturated heterocycles. The first-order valence-electron chi connectivity index (χ1n) is 6.12. The number of aliphatic hydroxyl groups is 1. The van der Waals surface area contributed by atoms with Crippen LogP contribution in [-0.2, 0) is 16.1 Å². The molecule has 1 aromatic heterocycles. The summed E-state index contributed by atoms with van der Waals surface area (Å²) in [7, 11) is 0. The lowest BCUT2D eigenvalue weighted by Gasteiger charge is -2.05. The molecule has 3 N–H and O–H groups in total. The number of hydrogen-bond acceptors (Lipinski definition) is 5. The van der Waals surface area contributed by atoms with Gasteiger partial charge >= 0.3 is 0 Å². The van der Waals surface area contributed by atoms with Crippen molar-refractivity contribution in [1.82, 2.24) is 25.6 Å². The van der Waals surface area contributed by atoms with Crippen molar-refractivity contribution in [1.29, 1.82) is 0 Å². The number of carbonyl (C=O) groups is 2. The Labute approximate surface area is 111 Å². The Hall–Kier alpha value is -1.96. The predicted molar refractivity (Wildman–Crippen MR) is 67.0 cm³/mol. The smallest absolute Gasteiger partial charge is 0.241 e. The van der Waals surface area contributed by atoms with Crippen LogP contribution in [0.5, 0.6) is 0 Å². The van der Waals surface area contributed by atoms with Crippen LogP contribution in [-0.4, -0.2) is 45.0 Å². The first kappa shape index (κ1) is 15.1. The van der Waals surface area contributed by atoms with Crippen LogP contribution in [0.2, 0.25) is 0 Å². The third-order valence-electron chi connectivity index (χ3n) is 2.41. The molecule has 8 heteroatoms. The number of rotatable bonds is 7. The van der Waals surface area contributed by atoms with E-state index in [-0.39, 0.29) is 18.4 Å². The van der Waals surface area contributed by atoms with Gasteiger partial charge in [0.2, 0.25) is 11.8 Å². The van der Waals surface area contributed by atoms with Crippen LogP contribution in [0.1, 0.15) is 32.1 Å². The summed E-state index contributed by atoms with van der Waals surface area (Å²) in [5.41, 5.74) is 0.452. The van der Waals surface area contributed by atoms with Crippen molar-refractivity contribution >= 4 is 11.8 Å². The number of aromatic nitrogens is 3. The molecule has 0 radical (unpaired) electrons. The van der Waals surface area contributed by atoms with Crippen LogP contribution in [0.3, 0.4) is 0 Å². The van der Waals surface area contributed by atoms with Crippen LogP contribution in [0.4, 0.5) is 0 Å². The molecule has 1 aromatic rings. The van der Waals surface area contributed by atoms with Gasteiger partial charge in [-0.3, -0.25) is 9.59 Å². The molecule has 8 nitrogen and oxygen atoms in total. The topological polar surface area (TPSA) is 109 Å². The summed E-state index contributed by atoms with van der Waals surface area (Å²) >= 11 is 0. The van der Waals surface area contributed by atoms with E-state index in [1.165, 1.54) is 11.6 Å². The van der Waals surface area contributed by atoms with Crippen LogP contribution in [0.15, 0.2) is 6.20 Å². The number of amides is 2. The summed E-state index contributed by atoms with van der Waals surface area (Å²) in [6.07, 6.45) is 1.43. The van der Waals surface area contributed by atoms with Crippen LogP contribution in [0, 0.1) is 0 Å². The van der Waals surface area contributed by atoms with E-state index < -0.39 is 6.10 Å². The van der Waals surface area contributed by atoms with Gasteiger partial charge in [0.25, 0.3) is 0 Å². The normalized spacial score (nSPS) is 11.9. The largest absolute Gasteiger partial charge is 0.387 e. The molecular weight excluding hydrogens is 250 g/mol. The molecule has 1 atom stereocenters. The third kappa shape index (κ3) is 5.47. The molecule has 0 aliphatic carbocycles. The van der Waals surface area contributed by atoms with Crippen molar-refractivity contribution < 1.29 is 14.7 Å². The van der Waals surface area contributed by atoms with Crippen molar-refractivity contribution in [3.8, 4) is 0 Å². The van der Waals surface area contributed by atoms with E-state index in [0.29, 0.717) is 25.2 Å². The van der Waals surface area contributed by atoms with Gasteiger partial charge in [-0.25, -0.2) is 4.68 Å². The molecule has 2 amide bonds. The fraction of sp³-hybridized carbons (Fsp3) is 0.636. The minimum atomic E-state index is -0.656. The van der Waals surface area contributed by atoms with Gasteiger partial charge in [-0.15, -0.1) is 5.10 Å². The molecule has 1 unspecified atom stereocenters. The zero-order chi connectivity index (χ0) is 14.3. The molecule has 0 aromatic carbocycles. The Balaban J connectivity index is 2.32. The Morgan fingerprint density at radius 3 is 2.74 bits per heavy atom. The van der Waals surface area contributed by atoms with E-state index in [4.69, 9.17) is 0 Å². The minimum Gasteiger partial charge on any atom is -0.387 e. The highest BCUT2D eigenvalue weighted by molar-refractivity contribution is 5.76. The third-order valence-corrected chi connectivity index (χ3v) is 2.41. The van der Waals surface area contributed by atoms with Crippen LogP contribution in [0.25, 0.3) is 0 Å². The lowest BCUT2D eigenvalue weighted by Crippen LogP contribution is -2.35. The van der Waals surface area contributed by atoms with Gasteiger partial charge in [-0.1, -0.05) is 12.1 Å². The Morgan fingerprint density at radius 1 is 1.42 bits per heavy atom. The molecule has 0 fully saturated rings. The molecule has 0 aliphatic rings. The van der Waals surface area contributed by atoms with E-state index in [9.17, 15) is 14.7 Å². The highest BCUT2D eigenvalue weighted by atomic mass is 16.3. The first-order valence-corrected chi connectivity index (χ1v) is 6.12. The van der Waals surface area contributed by atoms with Crippen molar-refractivity contribution in [2.45, 2.75) is 32.9 Å². The second-order valence-electron chi connectivity index (χ2n) is 4.10. The van der Waals surface area contributed by atoms with Gasteiger partial charge in [-0.05, 0) is 6.42 Å².